The number of hydrogen-bond donors (Lipinski definition) is 9. The van der Waals surface area contributed by atoms with E-state index in [1.54, 1.807) is 62.3 Å². The van der Waals surface area contributed by atoms with Crippen molar-refractivity contribution in [3.05, 3.63) is 177 Å². The molecule has 33 heteroatoms. The van der Waals surface area contributed by atoms with Crippen molar-refractivity contribution >= 4 is 54.3 Å². The van der Waals surface area contributed by atoms with Gasteiger partial charge in [-0.3, -0.25) is 14.4 Å². The van der Waals surface area contributed by atoms with Gasteiger partial charge < -0.3 is 119 Å². The molecule has 6 atom stereocenters. The summed E-state index contributed by atoms with van der Waals surface area (Å²) >= 11 is 0. The summed E-state index contributed by atoms with van der Waals surface area (Å²) in [5.41, 5.74) is 5.30. The minimum Gasteiger partial charge on any atom is -0.493 e. The molecule has 0 bridgehead atoms. The highest BCUT2D eigenvalue weighted by atomic mass is 16.6. The molecule has 0 heterocycles. The quantitative estimate of drug-likeness (QED) is 0.00975. The summed E-state index contributed by atoms with van der Waals surface area (Å²) in [6, 6.07) is 36.1. The van der Waals surface area contributed by atoms with Gasteiger partial charge in [0.05, 0.1) is 61.0 Å². The Labute approximate surface area is 700 Å². The topological polar surface area (TPSA) is 400 Å². The van der Waals surface area contributed by atoms with Crippen LogP contribution < -0.4 is 76.3 Å². The second-order valence-corrected chi connectivity index (χ2v) is 31.0. The Kier molecular flexibility index (Phi) is 37.7. The molecule has 1 aliphatic carbocycles. The Hall–Kier alpha value is -12.0. The Morgan fingerprint density at radius 2 is 0.558 bits per heavy atom. The average molecular weight is 1670 g/mol. The van der Waals surface area contributed by atoms with E-state index in [1.807, 2.05) is 127 Å². The number of hydrogen-bond acceptors (Lipinski definition) is 24. The minimum absolute atomic E-state index is 0.0833. The fourth-order valence-electron chi connectivity index (χ4n) is 11.6. The van der Waals surface area contributed by atoms with Crippen LogP contribution in [0.5, 0.6) is 34.5 Å². The lowest BCUT2D eigenvalue weighted by Crippen LogP contribution is -2.51. The fourth-order valence-corrected chi connectivity index (χ4v) is 11.6. The smallest absolute Gasteiger partial charge is 0.409 e. The number of nitrogens with one attached hydrogen (secondary N) is 9. The molecular weight excluding hydrogens is 1550 g/mol. The number of carbonyl (C=O) groups excluding carboxylic acids is 9. The molecule has 0 saturated carbocycles. The van der Waals surface area contributed by atoms with Crippen LogP contribution >= 0.6 is 0 Å². The molecule has 0 saturated heterocycles. The van der Waals surface area contributed by atoms with Crippen LogP contribution in [0.2, 0.25) is 0 Å². The summed E-state index contributed by atoms with van der Waals surface area (Å²) in [5.74, 6) is 0.506. The highest BCUT2D eigenvalue weighted by Crippen LogP contribution is 2.41. The zero-order chi connectivity index (χ0) is 87.4. The zero-order valence-corrected chi connectivity index (χ0v) is 71.1. The lowest BCUT2D eigenvalue weighted by molar-refractivity contribution is -0.128. The molecule has 0 radical (unpaired) electrons. The number of alkyl carbamates (subject to hydrolysis) is 6. The third kappa shape index (κ3) is 34.9. The van der Waals surface area contributed by atoms with Crippen LogP contribution in [0.3, 0.4) is 0 Å². The van der Waals surface area contributed by atoms with E-state index in [0.717, 1.165) is 50.1 Å². The van der Waals surface area contributed by atoms with Crippen LogP contribution in [0.15, 0.2) is 127 Å². The maximum Gasteiger partial charge on any atom is 0.409 e. The molecular formula is C87H117N9O24. The van der Waals surface area contributed by atoms with E-state index in [9.17, 15) is 43.2 Å². The summed E-state index contributed by atoms with van der Waals surface area (Å²) in [4.78, 5) is 118. The van der Waals surface area contributed by atoms with Crippen LogP contribution in [-0.4, -0.2) is 188 Å². The van der Waals surface area contributed by atoms with Crippen molar-refractivity contribution in [2.45, 2.75) is 195 Å². The monoisotopic (exact) mass is 1670 g/mol. The van der Waals surface area contributed by atoms with E-state index in [0.29, 0.717) is 73.0 Å². The van der Waals surface area contributed by atoms with E-state index < -0.39 is 108 Å². The van der Waals surface area contributed by atoms with Gasteiger partial charge >= 0.3 is 36.6 Å². The van der Waals surface area contributed by atoms with Crippen molar-refractivity contribution < 1.29 is 114 Å². The molecule has 0 aliphatic heterocycles. The van der Waals surface area contributed by atoms with Crippen LogP contribution in [-0.2, 0) is 96.1 Å². The first-order valence-electron chi connectivity index (χ1n) is 39.7. The standard InChI is InChI=1S/C87H117N9O24/c1-55(91-82(103)118-85(4,5)6)76(97)94-73(52-109-49-58-28-19-16-20-29-58)115-79(100)88-34-25-37-112-70-46-64-40-62-44-68(107-14)72(114-39-27-36-90-81(102)117-75(54-111-51-60-32-23-18-24-33-60)96-78(99)57(3)93-84(105)120-87(10,11)12)48-66(62)42-63-45-69(108-15)71(47-65(63)41-61(64)43-67(70)106-13)113-38-26-35-89-80(101)116-74(53-110-50-59-30-21-17-22-31-59)95-77(98)56(2)92-83(104)119-86(7,8)9/h16-24,28-33,43-48,55-57,73-75H,25-27,34-42,49-54H2,1-15H3,(H,88,100)(H,89,101)(H,90,102)(H,91,103)(H,92,104)(H,93,105)(H,94,97)(H,95,98)(H,96,99)/t55-,56-,57-,73-,74-,75-/m0/s1. The normalized spacial score (nSPS) is 13.2. The zero-order valence-electron chi connectivity index (χ0n) is 71.1. The second kappa shape index (κ2) is 47.6. The summed E-state index contributed by atoms with van der Waals surface area (Å²) in [6.07, 6.45) is -6.80. The van der Waals surface area contributed by atoms with Gasteiger partial charge in [0, 0.05) is 19.6 Å². The van der Waals surface area contributed by atoms with Crippen LogP contribution in [0, 0.1) is 0 Å². The number of amides is 9. The molecule has 0 fully saturated rings. The second-order valence-electron chi connectivity index (χ2n) is 31.0. The van der Waals surface area contributed by atoms with Crippen molar-refractivity contribution in [3.8, 4) is 34.5 Å². The predicted molar refractivity (Wildman–Crippen MR) is 442 cm³/mol. The summed E-state index contributed by atoms with van der Waals surface area (Å²) < 4.78 is 87.8. The highest BCUT2D eigenvalue weighted by Gasteiger charge is 2.31. The van der Waals surface area contributed by atoms with Gasteiger partial charge in [0.25, 0.3) is 0 Å². The molecule has 1 aliphatic rings. The Morgan fingerprint density at radius 3 is 0.783 bits per heavy atom. The molecule has 0 aromatic heterocycles. The molecule has 7 rings (SSSR count). The molecule has 6 aromatic carbocycles. The molecule has 0 unspecified atom stereocenters. The molecule has 0 spiro atoms. The predicted octanol–water partition coefficient (Wildman–Crippen LogP) is 11.0. The first-order chi connectivity index (χ1) is 57.1. The SMILES string of the molecule is COc1cc2c(cc1OCCCNC(=O)O[C@@H](COCc1ccccc1)NC(=O)[C@H](C)NC(=O)OC(C)(C)C)Cc1cc(OC)c(OCCCNC(=O)O[C@@H](COCc3ccccc3)NC(=O)[C@H](C)NC(=O)OC(C)(C)C)cc1Cc1cc(OC)c(OCCCNC(=O)O[C@@H](COCc3ccccc3)NC(=O)[C@H](C)NC(=O)OC(C)(C)C)cc1C2. The number of rotatable bonds is 42. The third-order valence-corrected chi connectivity index (χ3v) is 17.3. The van der Waals surface area contributed by atoms with Gasteiger partial charge in [-0.25, -0.2) is 28.8 Å². The fraction of sp³-hybridized carbons (Fsp3) is 0.483. The summed E-state index contributed by atoms with van der Waals surface area (Å²) in [5, 5.41) is 23.5. The van der Waals surface area contributed by atoms with Gasteiger partial charge in [-0.05, 0) is 208 Å². The maximum absolute atomic E-state index is 13.4. The van der Waals surface area contributed by atoms with Crippen molar-refractivity contribution in [1.29, 1.82) is 0 Å². The van der Waals surface area contributed by atoms with Gasteiger partial charge in [-0.2, -0.15) is 0 Å². The van der Waals surface area contributed by atoms with Gasteiger partial charge in [0.2, 0.25) is 36.4 Å². The lowest BCUT2D eigenvalue weighted by Gasteiger charge is -2.24. The Balaban J connectivity index is 1.07. The van der Waals surface area contributed by atoms with E-state index in [1.165, 1.54) is 42.1 Å². The van der Waals surface area contributed by atoms with Gasteiger partial charge in [-0.1, -0.05) is 91.0 Å². The van der Waals surface area contributed by atoms with Crippen LogP contribution in [0.4, 0.5) is 28.8 Å². The van der Waals surface area contributed by atoms with E-state index in [4.69, 9.17) is 71.1 Å². The Bertz CT molecular complexity index is 3880. The molecule has 33 nitrogen and oxygen atoms in total. The van der Waals surface area contributed by atoms with E-state index in [2.05, 4.69) is 47.9 Å². The summed E-state index contributed by atoms with van der Waals surface area (Å²) in [6.45, 7) is 20.0. The van der Waals surface area contributed by atoms with E-state index >= 15 is 0 Å². The van der Waals surface area contributed by atoms with Gasteiger partial charge in [0.15, 0.2) is 34.5 Å². The first kappa shape index (κ1) is 95.2. The summed E-state index contributed by atoms with van der Waals surface area (Å²) in [7, 11) is 4.60. The number of methoxy groups -OCH3 is 3. The van der Waals surface area contributed by atoms with Crippen molar-refractivity contribution in [3.63, 3.8) is 0 Å². The average Bonchev–Trinajstić information content (AvgIpc) is 1.59. The van der Waals surface area contributed by atoms with E-state index in [-0.39, 0.29) is 79.1 Å². The van der Waals surface area contributed by atoms with Crippen molar-refractivity contribution in [2.75, 3.05) is 80.6 Å². The van der Waals surface area contributed by atoms with Crippen LogP contribution in [0.1, 0.15) is 152 Å². The molecule has 654 valence electrons. The molecule has 120 heavy (non-hydrogen) atoms. The molecule has 6 aromatic rings. The van der Waals surface area contributed by atoms with Crippen LogP contribution in [0.25, 0.3) is 0 Å². The number of benzene rings is 6. The molecule has 9 N–H and O–H groups in total. The van der Waals surface area contributed by atoms with Gasteiger partial charge in [0.1, 0.15) is 54.7 Å². The Morgan fingerprint density at radius 1 is 0.325 bits per heavy atom. The molecule has 9 amide bonds. The first-order valence-corrected chi connectivity index (χ1v) is 39.7. The number of carbonyl (C=O) groups is 9. The lowest BCUT2D eigenvalue weighted by atomic mass is 9.94. The number of ether oxygens (including phenoxy) is 15. The number of fused-ring (bicyclic) bond motifs is 3. The van der Waals surface area contributed by atoms with Crippen molar-refractivity contribution in [1.82, 2.24) is 47.9 Å². The highest BCUT2D eigenvalue weighted by molar-refractivity contribution is 5.87. The largest absolute Gasteiger partial charge is 0.493 e. The third-order valence-electron chi connectivity index (χ3n) is 17.3. The van der Waals surface area contributed by atoms with Gasteiger partial charge in [-0.15, -0.1) is 0 Å². The minimum atomic E-state index is -1.26. The van der Waals surface area contributed by atoms with Crippen molar-refractivity contribution in [2.24, 2.45) is 0 Å². The maximum atomic E-state index is 13.4.